The number of fused-ring (bicyclic) bond motifs is 2. The third-order valence-corrected chi connectivity index (χ3v) is 6.16. The second-order valence-corrected chi connectivity index (χ2v) is 8.04. The SMILES string of the molecule is Cc1ccc(S(=O)(=O)Nc2ccc3c(c2)CNCC3)c2nsnc12.Cl. The summed E-state index contributed by atoms with van der Waals surface area (Å²) >= 11 is 1.02. The number of hydrogen-bond acceptors (Lipinski definition) is 6. The van der Waals surface area contributed by atoms with Gasteiger partial charge in [0.1, 0.15) is 15.9 Å². The van der Waals surface area contributed by atoms with E-state index in [-0.39, 0.29) is 17.3 Å². The summed E-state index contributed by atoms with van der Waals surface area (Å²) in [6, 6.07) is 9.04. The van der Waals surface area contributed by atoms with Gasteiger partial charge in [0, 0.05) is 12.2 Å². The highest BCUT2D eigenvalue weighted by Gasteiger charge is 2.21. The number of rotatable bonds is 3. The van der Waals surface area contributed by atoms with E-state index in [4.69, 9.17) is 0 Å². The predicted octanol–water partition coefficient (Wildman–Crippen LogP) is 2.87. The maximum Gasteiger partial charge on any atom is 0.264 e. The van der Waals surface area contributed by atoms with Crippen molar-refractivity contribution in [1.29, 1.82) is 0 Å². The molecule has 9 heteroatoms. The number of sulfonamides is 1. The fraction of sp³-hybridized carbons (Fsp3) is 0.250. The van der Waals surface area contributed by atoms with E-state index in [1.807, 2.05) is 25.1 Å². The number of anilines is 1. The average Bonchev–Trinajstić information content (AvgIpc) is 3.05. The largest absolute Gasteiger partial charge is 0.312 e. The number of halogens is 1. The summed E-state index contributed by atoms with van der Waals surface area (Å²) in [6.07, 6.45) is 0.964. The predicted molar refractivity (Wildman–Crippen MR) is 102 cm³/mol. The first-order chi connectivity index (χ1) is 11.5. The van der Waals surface area contributed by atoms with E-state index in [0.717, 1.165) is 42.4 Å². The van der Waals surface area contributed by atoms with Gasteiger partial charge in [-0.3, -0.25) is 4.72 Å². The summed E-state index contributed by atoms with van der Waals surface area (Å²) in [7, 11) is -3.72. The van der Waals surface area contributed by atoms with Gasteiger partial charge in [-0.1, -0.05) is 12.1 Å². The number of benzene rings is 2. The van der Waals surface area contributed by atoms with Crippen molar-refractivity contribution in [1.82, 2.24) is 14.1 Å². The third kappa shape index (κ3) is 3.35. The molecule has 0 atom stereocenters. The number of hydrogen-bond donors (Lipinski definition) is 2. The summed E-state index contributed by atoms with van der Waals surface area (Å²) in [5.41, 5.74) is 4.93. The Hall–Kier alpha value is -1.74. The van der Waals surface area contributed by atoms with Crippen LogP contribution in [0.25, 0.3) is 11.0 Å². The van der Waals surface area contributed by atoms with Gasteiger partial charge in [-0.15, -0.1) is 12.4 Å². The molecule has 2 aromatic carbocycles. The Kier molecular flexibility index (Phi) is 4.97. The van der Waals surface area contributed by atoms with Crippen LogP contribution in [0, 0.1) is 6.92 Å². The smallest absolute Gasteiger partial charge is 0.264 e. The first kappa shape index (κ1) is 18.1. The summed E-state index contributed by atoms with van der Waals surface area (Å²) < 4.78 is 36.6. The van der Waals surface area contributed by atoms with Crippen LogP contribution < -0.4 is 10.0 Å². The summed E-state index contributed by atoms with van der Waals surface area (Å²) in [6.45, 7) is 3.61. The molecule has 1 aromatic heterocycles. The molecule has 0 saturated heterocycles. The van der Waals surface area contributed by atoms with E-state index in [9.17, 15) is 8.42 Å². The minimum absolute atomic E-state index is 0. The molecule has 2 N–H and O–H groups in total. The van der Waals surface area contributed by atoms with Crippen LogP contribution in [0.2, 0.25) is 0 Å². The van der Waals surface area contributed by atoms with Gasteiger partial charge in [-0.25, -0.2) is 8.42 Å². The number of aromatic nitrogens is 2. The van der Waals surface area contributed by atoms with E-state index >= 15 is 0 Å². The van der Waals surface area contributed by atoms with E-state index in [1.165, 1.54) is 5.56 Å². The van der Waals surface area contributed by atoms with Crippen LogP contribution in [0.4, 0.5) is 5.69 Å². The molecule has 6 nitrogen and oxygen atoms in total. The molecule has 0 aliphatic carbocycles. The fourth-order valence-corrected chi connectivity index (χ4v) is 4.81. The lowest BCUT2D eigenvalue weighted by molar-refractivity contribution is 0.602. The molecule has 0 spiro atoms. The standard InChI is InChI=1S/C16H16N4O2S2.ClH/c1-10-2-5-14(16-15(10)18-23-19-16)24(21,22)20-13-4-3-11-6-7-17-9-12(11)8-13;/h2-5,8,17,20H,6-7,9H2,1H3;1H. The van der Waals surface area contributed by atoms with Crippen molar-refractivity contribution in [3.63, 3.8) is 0 Å². The van der Waals surface area contributed by atoms with Gasteiger partial charge in [0.05, 0.1) is 11.7 Å². The molecule has 0 saturated carbocycles. The molecule has 0 unspecified atom stereocenters. The summed E-state index contributed by atoms with van der Waals surface area (Å²) in [5, 5.41) is 3.30. The lowest BCUT2D eigenvalue weighted by Gasteiger charge is -2.18. The number of nitrogens with one attached hydrogen (secondary N) is 2. The van der Waals surface area contributed by atoms with E-state index < -0.39 is 10.0 Å². The molecule has 1 aliphatic rings. The Morgan fingerprint density at radius 3 is 2.76 bits per heavy atom. The van der Waals surface area contributed by atoms with Crippen molar-refractivity contribution >= 4 is 50.9 Å². The van der Waals surface area contributed by atoms with Crippen LogP contribution in [-0.2, 0) is 23.0 Å². The maximum atomic E-state index is 12.8. The Morgan fingerprint density at radius 1 is 1.12 bits per heavy atom. The Labute approximate surface area is 156 Å². The van der Waals surface area contributed by atoms with E-state index in [1.54, 1.807) is 12.1 Å². The Morgan fingerprint density at radius 2 is 1.92 bits per heavy atom. The van der Waals surface area contributed by atoms with Gasteiger partial charge in [-0.05, 0) is 54.8 Å². The molecule has 4 rings (SSSR count). The molecule has 0 bridgehead atoms. The molecular weight excluding hydrogens is 380 g/mol. The van der Waals surface area contributed by atoms with Crippen molar-refractivity contribution < 1.29 is 8.42 Å². The van der Waals surface area contributed by atoms with Gasteiger partial charge in [0.2, 0.25) is 0 Å². The molecule has 0 fully saturated rings. The van der Waals surface area contributed by atoms with Crippen molar-refractivity contribution in [2.24, 2.45) is 0 Å². The topological polar surface area (TPSA) is 84.0 Å². The zero-order valence-corrected chi connectivity index (χ0v) is 15.9. The monoisotopic (exact) mass is 396 g/mol. The Balaban J connectivity index is 0.00000182. The number of aryl methyl sites for hydroxylation is 1. The maximum absolute atomic E-state index is 12.8. The van der Waals surface area contributed by atoms with Gasteiger partial charge in [0.25, 0.3) is 10.0 Å². The zero-order chi connectivity index (χ0) is 16.7. The lowest BCUT2D eigenvalue weighted by Crippen LogP contribution is -2.23. The first-order valence-corrected chi connectivity index (χ1v) is 9.83. The van der Waals surface area contributed by atoms with Crippen molar-refractivity contribution in [3.05, 3.63) is 47.0 Å². The molecule has 132 valence electrons. The molecule has 0 radical (unpaired) electrons. The van der Waals surface area contributed by atoms with Gasteiger partial charge in [-0.2, -0.15) is 8.75 Å². The molecule has 1 aliphatic heterocycles. The third-order valence-electron chi connectivity index (χ3n) is 4.21. The van der Waals surface area contributed by atoms with E-state index in [0.29, 0.717) is 16.7 Å². The second-order valence-electron chi connectivity index (χ2n) is 5.86. The van der Waals surface area contributed by atoms with Crippen molar-refractivity contribution in [2.45, 2.75) is 24.8 Å². The first-order valence-electron chi connectivity index (χ1n) is 7.62. The normalized spacial score (nSPS) is 14.0. The van der Waals surface area contributed by atoms with Crippen LogP contribution >= 0.6 is 24.1 Å². The fourth-order valence-electron chi connectivity index (χ4n) is 2.94. The highest BCUT2D eigenvalue weighted by molar-refractivity contribution is 7.93. The van der Waals surface area contributed by atoms with Crippen LogP contribution in [0.3, 0.4) is 0 Å². The Bertz CT molecular complexity index is 1030. The summed E-state index contributed by atoms with van der Waals surface area (Å²) in [5.74, 6) is 0. The van der Waals surface area contributed by atoms with Crippen molar-refractivity contribution in [2.75, 3.05) is 11.3 Å². The lowest BCUT2D eigenvalue weighted by atomic mass is 10.0. The van der Waals surface area contributed by atoms with Crippen LogP contribution in [0.5, 0.6) is 0 Å². The minimum Gasteiger partial charge on any atom is -0.312 e. The minimum atomic E-state index is -3.72. The van der Waals surface area contributed by atoms with Gasteiger partial charge >= 0.3 is 0 Å². The molecule has 3 aromatic rings. The number of nitrogens with zero attached hydrogens (tertiary/aromatic N) is 2. The highest BCUT2D eigenvalue weighted by atomic mass is 35.5. The quantitative estimate of drug-likeness (QED) is 0.711. The second kappa shape index (κ2) is 6.87. The molecule has 0 amide bonds. The highest BCUT2D eigenvalue weighted by Crippen LogP contribution is 2.27. The van der Waals surface area contributed by atoms with Crippen LogP contribution in [-0.4, -0.2) is 23.7 Å². The molecule has 2 heterocycles. The summed E-state index contributed by atoms with van der Waals surface area (Å²) in [4.78, 5) is 0.160. The average molecular weight is 397 g/mol. The zero-order valence-electron chi connectivity index (χ0n) is 13.4. The van der Waals surface area contributed by atoms with Crippen LogP contribution in [0.15, 0.2) is 35.2 Å². The van der Waals surface area contributed by atoms with Crippen LogP contribution in [0.1, 0.15) is 16.7 Å². The van der Waals surface area contributed by atoms with Gasteiger partial charge < -0.3 is 5.32 Å². The van der Waals surface area contributed by atoms with Crippen molar-refractivity contribution in [3.8, 4) is 0 Å². The molecular formula is C16H17ClN4O2S2. The molecule has 25 heavy (non-hydrogen) atoms. The van der Waals surface area contributed by atoms with E-state index in [2.05, 4.69) is 18.8 Å². The van der Waals surface area contributed by atoms with Gasteiger partial charge in [0.15, 0.2) is 0 Å².